The van der Waals surface area contributed by atoms with E-state index in [-0.39, 0.29) is 0 Å². The van der Waals surface area contributed by atoms with Crippen LogP contribution in [-0.2, 0) is 13.5 Å². The molecule has 0 fully saturated rings. The summed E-state index contributed by atoms with van der Waals surface area (Å²) in [4.78, 5) is 0. The van der Waals surface area contributed by atoms with Crippen LogP contribution in [-0.4, -0.2) is 0 Å². The van der Waals surface area contributed by atoms with E-state index >= 15 is 0 Å². The van der Waals surface area contributed by atoms with Gasteiger partial charge >= 0.3 is 282 Å². The average molecular weight is 746 g/mol. The number of halogens is 1. The Morgan fingerprint density at radius 1 is 0.261 bits per heavy atom. The molecule has 0 aromatic heterocycles. The van der Waals surface area contributed by atoms with E-state index in [4.69, 9.17) is 0 Å². The van der Waals surface area contributed by atoms with E-state index in [0.29, 0.717) is 0 Å². The van der Waals surface area contributed by atoms with Crippen molar-refractivity contribution in [3.05, 3.63) is 212 Å². The van der Waals surface area contributed by atoms with Crippen LogP contribution in [0.4, 0.5) is 0 Å². The van der Waals surface area contributed by atoms with Crippen LogP contribution in [0, 0.1) is 0 Å². The molecule has 7 aromatic carbocycles. The Bertz CT molecular complexity index is 1660. The van der Waals surface area contributed by atoms with Gasteiger partial charge in [0.25, 0.3) is 0 Å². The zero-order valence-corrected chi connectivity index (χ0v) is 29.7. The van der Waals surface area contributed by atoms with Crippen LogP contribution in [0.2, 0.25) is 0 Å². The van der Waals surface area contributed by atoms with Gasteiger partial charge in [-0.05, 0) is 0 Å². The van der Waals surface area contributed by atoms with Gasteiger partial charge in [-0.25, -0.2) is 0 Å². The standard InChI is InChI=1S/2C18H15P.C6H5.ClH.Pd/c2*1-4-10-16(11-5-1)19(17-12-6-2-7-13-17)18-14-8-3-9-15-18;1-2-4-6-5-3-1;;/h2*1-15H;1-5H;1H;/q;;;;-1/p+1. The second kappa shape index (κ2) is 13.6. The van der Waals surface area contributed by atoms with Gasteiger partial charge in [0.2, 0.25) is 0 Å². The molecule has 0 saturated heterocycles. The van der Waals surface area contributed by atoms with E-state index in [1.165, 1.54) is 35.9 Å². The van der Waals surface area contributed by atoms with Crippen molar-refractivity contribution in [2.45, 2.75) is 0 Å². The summed E-state index contributed by atoms with van der Waals surface area (Å²) in [6.07, 6.45) is 0. The Morgan fingerprint density at radius 2 is 0.435 bits per heavy atom. The first kappa shape index (κ1) is 31.0. The van der Waals surface area contributed by atoms with Gasteiger partial charge in [-0.15, -0.1) is 0 Å². The fraction of sp³-hybridized carbons (Fsp3) is 0. The first-order valence-electron chi connectivity index (χ1n) is 15.5. The zero-order valence-electron chi connectivity index (χ0n) is 25.4. The van der Waals surface area contributed by atoms with E-state index in [2.05, 4.69) is 212 Å². The number of hydrogen-bond acceptors (Lipinski definition) is 0. The Morgan fingerprint density at radius 3 is 0.630 bits per heavy atom. The molecule has 0 nitrogen and oxygen atoms in total. The first-order valence-corrected chi connectivity index (χ1v) is 26.5. The van der Waals surface area contributed by atoms with Crippen LogP contribution >= 0.6 is 20.4 Å². The Balaban J connectivity index is 1.82. The van der Waals surface area contributed by atoms with Gasteiger partial charge in [0.15, 0.2) is 0 Å². The Hall–Kier alpha value is -3.65. The predicted octanol–water partition coefficient (Wildman–Crippen LogP) is 7.90. The first-order chi connectivity index (χ1) is 22.7. The molecule has 0 heterocycles. The molecule has 46 heavy (non-hydrogen) atoms. The summed E-state index contributed by atoms with van der Waals surface area (Å²) < 4.78 is 1.29. The third-order valence-corrected chi connectivity index (χ3v) is 53.6. The summed E-state index contributed by atoms with van der Waals surface area (Å²) in [6.45, 7) is 0. The van der Waals surface area contributed by atoms with E-state index in [1.54, 1.807) is 0 Å². The third-order valence-electron chi connectivity index (χ3n) is 8.54. The van der Waals surface area contributed by atoms with Gasteiger partial charge in [0.1, 0.15) is 0 Å². The van der Waals surface area contributed by atoms with E-state index in [1.807, 2.05) is 0 Å². The molecule has 0 amide bonds. The topological polar surface area (TPSA) is 0 Å². The van der Waals surface area contributed by atoms with Crippen LogP contribution < -0.4 is 35.9 Å². The van der Waals surface area contributed by atoms with Crippen molar-refractivity contribution < 1.29 is 13.5 Å². The number of hydrogen-bond donors (Lipinski definition) is 0. The number of rotatable bonds is 9. The van der Waals surface area contributed by atoms with E-state index < -0.39 is 24.4 Å². The van der Waals surface area contributed by atoms with Crippen molar-refractivity contribution in [2.24, 2.45) is 0 Å². The quantitative estimate of drug-likeness (QED) is 0.104. The second-order valence-electron chi connectivity index (χ2n) is 11.1. The summed E-state index contributed by atoms with van der Waals surface area (Å²) in [5.74, 6) is 0. The monoisotopic (exact) mass is 744 g/mol. The fourth-order valence-electron chi connectivity index (χ4n) is 6.70. The van der Waals surface area contributed by atoms with Gasteiger partial charge in [-0.1, -0.05) is 0 Å². The van der Waals surface area contributed by atoms with Gasteiger partial charge in [-0.3, -0.25) is 0 Å². The predicted molar refractivity (Wildman–Crippen MR) is 205 cm³/mol. The summed E-state index contributed by atoms with van der Waals surface area (Å²) in [7, 11) is 9.39. The van der Waals surface area contributed by atoms with Gasteiger partial charge in [-0.2, -0.15) is 0 Å². The second-order valence-corrected chi connectivity index (χ2v) is 38.9. The normalized spacial score (nSPS) is 14.5. The minimum atomic E-state index is -3.58. The molecule has 7 rings (SSSR count). The zero-order chi connectivity index (χ0) is 31.3. The van der Waals surface area contributed by atoms with Crippen molar-refractivity contribution in [3.8, 4) is 0 Å². The van der Waals surface area contributed by atoms with Gasteiger partial charge in [0, 0.05) is 0 Å². The Kier molecular flexibility index (Phi) is 9.16. The van der Waals surface area contributed by atoms with Gasteiger partial charge in [0.05, 0.1) is 0 Å². The molecule has 0 aliphatic rings. The summed E-state index contributed by atoms with van der Waals surface area (Å²) >= 11 is -3.58. The van der Waals surface area contributed by atoms with Crippen LogP contribution in [0.3, 0.4) is 0 Å². The summed E-state index contributed by atoms with van der Waals surface area (Å²) in [6, 6.07) is 78.9. The fourth-order valence-corrected chi connectivity index (χ4v) is 63.5. The molecular formula is C42H37ClP2Pd. The van der Waals surface area contributed by atoms with Crippen molar-refractivity contribution in [3.63, 3.8) is 0 Å². The van der Waals surface area contributed by atoms with Crippen molar-refractivity contribution >= 4 is 56.3 Å². The molecule has 0 atom stereocenters. The SMILES string of the molecule is [Cl][Pd]([c]1ccccc1)([PH](c1ccccc1)(c1ccccc1)c1ccccc1)[PH](c1ccccc1)(c1ccccc1)c1ccccc1. The molecule has 0 N–H and O–H groups in total. The molecule has 0 spiro atoms. The average Bonchev–Trinajstić information content (AvgIpc) is 3.15. The summed E-state index contributed by atoms with van der Waals surface area (Å²) in [5, 5.41) is 8.10. The van der Waals surface area contributed by atoms with Crippen molar-refractivity contribution in [1.82, 2.24) is 0 Å². The van der Waals surface area contributed by atoms with Crippen LogP contribution in [0.15, 0.2) is 212 Å². The van der Waals surface area contributed by atoms with E-state index in [9.17, 15) is 9.53 Å². The molecule has 0 bridgehead atoms. The van der Waals surface area contributed by atoms with Crippen LogP contribution in [0.25, 0.3) is 0 Å². The third kappa shape index (κ3) is 4.95. The molecule has 0 aliphatic carbocycles. The molecule has 232 valence electrons. The molecule has 0 aliphatic heterocycles. The maximum atomic E-state index is 9.39. The molecule has 7 aromatic rings. The van der Waals surface area contributed by atoms with Gasteiger partial charge < -0.3 is 0 Å². The van der Waals surface area contributed by atoms with Crippen molar-refractivity contribution in [2.75, 3.05) is 0 Å². The minimum absolute atomic E-state index is 1.29. The summed E-state index contributed by atoms with van der Waals surface area (Å²) in [5.41, 5.74) is -6.25. The van der Waals surface area contributed by atoms with Crippen molar-refractivity contribution in [1.29, 1.82) is 0 Å². The maximum absolute atomic E-state index is 9.39. The molecule has 0 radical (unpaired) electrons. The molecule has 0 saturated carbocycles. The van der Waals surface area contributed by atoms with Crippen LogP contribution in [0.5, 0.6) is 0 Å². The molecule has 4 heteroatoms. The Labute approximate surface area is 280 Å². The van der Waals surface area contributed by atoms with Crippen LogP contribution in [0.1, 0.15) is 0 Å². The van der Waals surface area contributed by atoms with E-state index in [0.717, 1.165) is 0 Å². The number of benzene rings is 7. The molecule has 0 unspecified atom stereocenters. The molecular weight excluding hydrogens is 708 g/mol.